The Morgan fingerprint density at radius 2 is 2.19 bits per heavy atom. The van der Waals surface area contributed by atoms with Gasteiger partial charge in [-0.05, 0) is 31.1 Å². The first-order chi connectivity index (χ1) is 12.9. The van der Waals surface area contributed by atoms with E-state index in [0.29, 0.717) is 31.8 Å². The molecule has 0 radical (unpaired) electrons. The summed E-state index contributed by atoms with van der Waals surface area (Å²) in [7, 11) is 0. The fraction of sp³-hybridized carbons (Fsp3) is 0.682. The largest absolute Gasteiger partial charge is 0.480 e. The van der Waals surface area contributed by atoms with Gasteiger partial charge in [0.25, 0.3) is 0 Å². The highest BCUT2D eigenvalue weighted by molar-refractivity contribution is 5.67. The lowest BCUT2D eigenvalue weighted by molar-refractivity contribution is -0.142. The number of carboxylic acids is 1. The van der Waals surface area contributed by atoms with Crippen molar-refractivity contribution in [2.24, 2.45) is 23.7 Å². The van der Waals surface area contributed by atoms with Gasteiger partial charge >= 0.3 is 5.97 Å². The van der Waals surface area contributed by atoms with Crippen LogP contribution in [0.3, 0.4) is 0 Å². The minimum atomic E-state index is -0.959. The van der Waals surface area contributed by atoms with Gasteiger partial charge in [0.15, 0.2) is 0 Å². The second-order valence-corrected chi connectivity index (χ2v) is 7.50. The van der Waals surface area contributed by atoms with E-state index in [2.05, 4.69) is 29.8 Å². The molecular weight excluding hydrogens is 344 g/mol. The first kappa shape index (κ1) is 21.5. The first-order valence-electron chi connectivity index (χ1n) is 9.74. The van der Waals surface area contributed by atoms with Crippen LogP contribution in [0, 0.1) is 47.4 Å². The average molecular weight is 374 g/mol. The number of rotatable bonds is 7. The summed E-state index contributed by atoms with van der Waals surface area (Å²) in [5, 5.41) is 29.2. The summed E-state index contributed by atoms with van der Waals surface area (Å²) in [4.78, 5) is 10.5. The van der Waals surface area contributed by atoms with Gasteiger partial charge in [0.05, 0.1) is 18.6 Å². The molecule has 27 heavy (non-hydrogen) atoms. The lowest BCUT2D eigenvalue weighted by Gasteiger charge is -2.17. The second kappa shape index (κ2) is 10.5. The Kier molecular flexibility index (Phi) is 8.38. The first-order valence-corrected chi connectivity index (χ1v) is 9.74. The maximum Gasteiger partial charge on any atom is 0.329 e. The van der Waals surface area contributed by atoms with Crippen LogP contribution in [0.2, 0.25) is 0 Å². The molecule has 148 valence electrons. The average Bonchev–Trinajstić information content (AvgIpc) is 3.13. The molecular formula is C22H30O5. The monoisotopic (exact) mass is 374 g/mol. The van der Waals surface area contributed by atoms with Crippen molar-refractivity contribution in [3.05, 3.63) is 11.6 Å². The van der Waals surface area contributed by atoms with Crippen LogP contribution >= 0.6 is 0 Å². The molecule has 0 amide bonds. The molecule has 3 N–H and O–H groups in total. The third kappa shape index (κ3) is 6.40. The lowest BCUT2D eigenvalue weighted by atomic mass is 9.89. The Hall–Kier alpha value is -1.79. The van der Waals surface area contributed by atoms with Crippen LogP contribution in [0.5, 0.6) is 0 Å². The molecule has 6 atom stereocenters. The molecule has 5 nitrogen and oxygen atoms in total. The minimum absolute atomic E-state index is 0.0189. The van der Waals surface area contributed by atoms with Crippen LogP contribution in [-0.2, 0) is 9.53 Å². The van der Waals surface area contributed by atoms with Crippen molar-refractivity contribution in [1.29, 1.82) is 0 Å². The standard InChI is InChI=1S/C22H30O5/c1-3-4-5-6-15(2)20(23)8-7-18-19-12-16(9-10-27-14-22(25)26)11-17(19)13-21(18)24/h11,15,17-21,23-24H,3,6,9-10,12-14H2,1-2H3,(H,25,26)/t15-,17-,18+,19-,20+,21+/m0/s1. The van der Waals surface area contributed by atoms with Crippen LogP contribution in [0.4, 0.5) is 0 Å². The van der Waals surface area contributed by atoms with Crippen LogP contribution in [-0.4, -0.2) is 46.7 Å². The van der Waals surface area contributed by atoms with Crippen LogP contribution < -0.4 is 0 Å². The number of allylic oxidation sites excluding steroid dienone is 1. The minimum Gasteiger partial charge on any atom is -0.480 e. The van der Waals surface area contributed by atoms with Gasteiger partial charge in [-0.2, -0.15) is 0 Å². The highest BCUT2D eigenvalue weighted by Crippen LogP contribution is 2.47. The molecule has 5 heteroatoms. The zero-order chi connectivity index (χ0) is 19.8. The predicted octanol–water partition coefficient (Wildman–Crippen LogP) is 2.22. The van der Waals surface area contributed by atoms with E-state index >= 15 is 0 Å². The number of fused-ring (bicyclic) bond motifs is 1. The molecule has 1 saturated carbocycles. The maximum atomic E-state index is 10.5. The van der Waals surface area contributed by atoms with Crippen molar-refractivity contribution in [2.75, 3.05) is 13.2 Å². The van der Waals surface area contributed by atoms with Gasteiger partial charge in [-0.15, -0.1) is 11.8 Å². The second-order valence-electron chi connectivity index (χ2n) is 7.50. The van der Waals surface area contributed by atoms with Crippen molar-refractivity contribution in [1.82, 2.24) is 0 Å². The quantitative estimate of drug-likeness (QED) is 0.361. The van der Waals surface area contributed by atoms with Gasteiger partial charge in [-0.25, -0.2) is 4.79 Å². The molecule has 1 fully saturated rings. The topological polar surface area (TPSA) is 87.0 Å². The van der Waals surface area contributed by atoms with Crippen molar-refractivity contribution in [2.45, 2.75) is 58.2 Å². The number of hydrogen-bond donors (Lipinski definition) is 3. The van der Waals surface area contributed by atoms with Crippen LogP contribution in [0.25, 0.3) is 0 Å². The maximum absolute atomic E-state index is 10.5. The van der Waals surface area contributed by atoms with E-state index in [0.717, 1.165) is 12.8 Å². The Labute approximate surface area is 161 Å². The van der Waals surface area contributed by atoms with Gasteiger partial charge in [0.2, 0.25) is 0 Å². The number of hydrogen-bond acceptors (Lipinski definition) is 4. The van der Waals surface area contributed by atoms with Gasteiger partial charge in [-0.1, -0.05) is 37.3 Å². The number of aliphatic hydroxyl groups excluding tert-OH is 2. The molecule has 2 rings (SSSR count). The third-order valence-corrected chi connectivity index (χ3v) is 5.34. The fourth-order valence-electron chi connectivity index (χ4n) is 3.84. The zero-order valence-corrected chi connectivity index (χ0v) is 16.1. The summed E-state index contributed by atoms with van der Waals surface area (Å²) in [5.41, 5.74) is 1.25. The zero-order valence-electron chi connectivity index (χ0n) is 16.1. The van der Waals surface area contributed by atoms with Gasteiger partial charge in [0.1, 0.15) is 12.7 Å². The van der Waals surface area contributed by atoms with Crippen molar-refractivity contribution < 1.29 is 24.9 Å². The van der Waals surface area contributed by atoms with Crippen LogP contribution in [0.15, 0.2) is 11.6 Å². The van der Waals surface area contributed by atoms with E-state index in [1.807, 2.05) is 13.8 Å². The van der Waals surface area contributed by atoms with E-state index < -0.39 is 18.2 Å². The molecule has 0 unspecified atom stereocenters. The summed E-state index contributed by atoms with van der Waals surface area (Å²) >= 11 is 0. The van der Waals surface area contributed by atoms with Gasteiger partial charge < -0.3 is 20.1 Å². The van der Waals surface area contributed by atoms with Crippen LogP contribution in [0.1, 0.15) is 46.0 Å². The lowest BCUT2D eigenvalue weighted by Crippen LogP contribution is -2.20. The van der Waals surface area contributed by atoms with E-state index in [9.17, 15) is 15.0 Å². The molecule has 0 heterocycles. The molecule has 0 aliphatic heterocycles. The molecule has 2 aliphatic carbocycles. The Morgan fingerprint density at radius 1 is 1.41 bits per heavy atom. The molecule has 0 aromatic rings. The summed E-state index contributed by atoms with van der Waals surface area (Å²) in [5.74, 6) is 11.6. The van der Waals surface area contributed by atoms with Crippen molar-refractivity contribution >= 4 is 5.97 Å². The number of aliphatic carboxylic acids is 1. The number of carboxylic acid groups (broad SMARTS) is 1. The summed E-state index contributed by atoms with van der Waals surface area (Å²) in [6, 6.07) is 0. The van der Waals surface area contributed by atoms with E-state index in [-0.39, 0.29) is 24.4 Å². The third-order valence-electron chi connectivity index (χ3n) is 5.34. The summed E-state index contributed by atoms with van der Waals surface area (Å²) in [6.45, 7) is 4.05. The van der Waals surface area contributed by atoms with E-state index in [1.54, 1.807) is 0 Å². The van der Waals surface area contributed by atoms with Crippen molar-refractivity contribution in [3.63, 3.8) is 0 Å². The Bertz CT molecular complexity index is 660. The number of ether oxygens (including phenoxy) is 1. The summed E-state index contributed by atoms with van der Waals surface area (Å²) < 4.78 is 5.11. The molecule has 2 aliphatic rings. The highest BCUT2D eigenvalue weighted by atomic mass is 16.5. The SMILES string of the molecule is CCC#CC[C@H](C)[C@H](O)C#C[C@@H]1[C@H]2CC(CCOCC(=O)O)=C[C@H]2C[C@H]1O. The Balaban J connectivity index is 1.87. The smallest absolute Gasteiger partial charge is 0.329 e. The Morgan fingerprint density at radius 3 is 2.89 bits per heavy atom. The molecule has 0 spiro atoms. The summed E-state index contributed by atoms with van der Waals surface area (Å²) in [6.07, 6.45) is 4.68. The van der Waals surface area contributed by atoms with Crippen molar-refractivity contribution in [3.8, 4) is 23.7 Å². The van der Waals surface area contributed by atoms with Gasteiger partial charge in [0, 0.05) is 18.8 Å². The fourth-order valence-corrected chi connectivity index (χ4v) is 3.84. The normalized spacial score (nSPS) is 28.2. The molecule has 0 aromatic heterocycles. The van der Waals surface area contributed by atoms with E-state index in [1.165, 1.54) is 5.57 Å². The van der Waals surface area contributed by atoms with E-state index in [4.69, 9.17) is 9.84 Å². The molecule has 0 bridgehead atoms. The number of aliphatic hydroxyl groups is 2. The highest BCUT2D eigenvalue weighted by Gasteiger charge is 2.43. The molecule has 0 aromatic carbocycles. The number of carbonyl (C=O) groups is 1. The van der Waals surface area contributed by atoms with Gasteiger partial charge in [-0.3, -0.25) is 0 Å². The predicted molar refractivity (Wildman–Crippen MR) is 102 cm³/mol. The molecule has 0 saturated heterocycles.